The fraction of sp³-hybridized carbons (Fsp3) is 0.357. The van der Waals surface area contributed by atoms with Crippen LogP contribution in [0, 0.1) is 0 Å². The molecular formula is C14H18N2O2. The highest BCUT2D eigenvalue weighted by atomic mass is 16.5. The van der Waals surface area contributed by atoms with Crippen LogP contribution in [-0.2, 0) is 0 Å². The number of ether oxygens (including phenoxy) is 2. The average molecular weight is 246 g/mol. The number of rotatable bonds is 5. The number of nitrogens with zero attached hydrogens (tertiary/aromatic N) is 1. The summed E-state index contributed by atoms with van der Waals surface area (Å²) in [5.74, 6) is 2.37. The molecule has 0 saturated carbocycles. The van der Waals surface area contributed by atoms with E-state index in [0.29, 0.717) is 0 Å². The molecule has 0 atom stereocenters. The van der Waals surface area contributed by atoms with Gasteiger partial charge in [-0.25, -0.2) is 4.98 Å². The molecule has 0 aliphatic heterocycles. The molecular weight excluding hydrogens is 228 g/mol. The van der Waals surface area contributed by atoms with Crippen LogP contribution in [0.4, 0.5) is 5.82 Å². The van der Waals surface area contributed by atoms with E-state index >= 15 is 0 Å². The summed E-state index contributed by atoms with van der Waals surface area (Å²) < 4.78 is 10.6. The summed E-state index contributed by atoms with van der Waals surface area (Å²) in [5, 5.41) is 4.28. The molecule has 0 saturated heterocycles. The molecule has 96 valence electrons. The number of anilines is 1. The van der Waals surface area contributed by atoms with E-state index in [-0.39, 0.29) is 0 Å². The van der Waals surface area contributed by atoms with Crippen LogP contribution in [0.5, 0.6) is 11.5 Å². The van der Waals surface area contributed by atoms with Gasteiger partial charge in [-0.2, -0.15) is 0 Å². The normalized spacial score (nSPS) is 10.4. The van der Waals surface area contributed by atoms with Crippen LogP contribution in [0.3, 0.4) is 0 Å². The first kappa shape index (κ1) is 12.5. The van der Waals surface area contributed by atoms with Gasteiger partial charge in [-0.3, -0.25) is 0 Å². The first-order valence-corrected chi connectivity index (χ1v) is 6.05. The molecule has 1 aromatic heterocycles. The van der Waals surface area contributed by atoms with Crippen LogP contribution in [0.25, 0.3) is 10.9 Å². The van der Waals surface area contributed by atoms with Crippen LogP contribution in [0.1, 0.15) is 13.3 Å². The van der Waals surface area contributed by atoms with E-state index < -0.39 is 0 Å². The van der Waals surface area contributed by atoms with Gasteiger partial charge in [-0.05, 0) is 24.6 Å². The summed E-state index contributed by atoms with van der Waals surface area (Å²) in [7, 11) is 3.28. The minimum absolute atomic E-state index is 0.726. The van der Waals surface area contributed by atoms with Gasteiger partial charge < -0.3 is 14.8 Å². The topological polar surface area (TPSA) is 43.4 Å². The highest BCUT2D eigenvalue weighted by Gasteiger charge is 2.07. The van der Waals surface area contributed by atoms with E-state index in [1.54, 1.807) is 14.2 Å². The van der Waals surface area contributed by atoms with Crippen molar-refractivity contribution in [3.63, 3.8) is 0 Å². The number of hydrogen-bond acceptors (Lipinski definition) is 4. The molecule has 2 rings (SSSR count). The fourth-order valence-corrected chi connectivity index (χ4v) is 1.80. The zero-order valence-electron chi connectivity index (χ0n) is 11.0. The van der Waals surface area contributed by atoms with Gasteiger partial charge in [0.1, 0.15) is 22.8 Å². The van der Waals surface area contributed by atoms with Gasteiger partial charge in [0.05, 0.1) is 14.2 Å². The molecule has 0 radical (unpaired) electrons. The van der Waals surface area contributed by atoms with Crippen molar-refractivity contribution in [2.75, 3.05) is 26.1 Å². The minimum Gasteiger partial charge on any atom is -0.497 e. The predicted octanol–water partition coefficient (Wildman–Crippen LogP) is 3.07. The van der Waals surface area contributed by atoms with E-state index in [4.69, 9.17) is 9.47 Å². The molecule has 18 heavy (non-hydrogen) atoms. The van der Waals surface area contributed by atoms with Crippen molar-refractivity contribution < 1.29 is 9.47 Å². The Balaban J connectivity index is 2.47. The molecule has 1 aromatic carbocycles. The zero-order valence-corrected chi connectivity index (χ0v) is 11.0. The maximum absolute atomic E-state index is 5.36. The highest BCUT2D eigenvalue weighted by Crippen LogP contribution is 2.30. The third kappa shape index (κ3) is 2.47. The van der Waals surface area contributed by atoms with Gasteiger partial charge in [0.25, 0.3) is 0 Å². The van der Waals surface area contributed by atoms with Crippen LogP contribution in [-0.4, -0.2) is 25.7 Å². The van der Waals surface area contributed by atoms with Crippen molar-refractivity contribution in [3.05, 3.63) is 24.3 Å². The van der Waals surface area contributed by atoms with Crippen LogP contribution in [0.15, 0.2) is 24.3 Å². The molecule has 1 N–H and O–H groups in total. The van der Waals surface area contributed by atoms with Crippen molar-refractivity contribution in [2.24, 2.45) is 0 Å². The lowest BCUT2D eigenvalue weighted by Gasteiger charge is -2.10. The van der Waals surface area contributed by atoms with Crippen molar-refractivity contribution in [1.29, 1.82) is 0 Å². The van der Waals surface area contributed by atoms with E-state index in [0.717, 1.165) is 41.2 Å². The number of hydrogen-bond donors (Lipinski definition) is 1. The molecule has 1 heterocycles. The van der Waals surface area contributed by atoms with Crippen molar-refractivity contribution in [2.45, 2.75) is 13.3 Å². The predicted molar refractivity (Wildman–Crippen MR) is 73.6 cm³/mol. The molecule has 0 spiro atoms. The van der Waals surface area contributed by atoms with E-state index in [9.17, 15) is 0 Å². The Kier molecular flexibility index (Phi) is 3.87. The molecule has 0 aliphatic rings. The molecule has 0 fully saturated rings. The lowest BCUT2D eigenvalue weighted by Crippen LogP contribution is -2.02. The second-order valence-corrected chi connectivity index (χ2v) is 4.02. The maximum Gasteiger partial charge on any atom is 0.148 e. The summed E-state index contributed by atoms with van der Waals surface area (Å²) in [6, 6.07) is 7.79. The van der Waals surface area contributed by atoms with Gasteiger partial charge in [-0.15, -0.1) is 0 Å². The lowest BCUT2D eigenvalue weighted by molar-refractivity contribution is 0.397. The zero-order chi connectivity index (χ0) is 13.0. The summed E-state index contributed by atoms with van der Waals surface area (Å²) in [5.41, 5.74) is 0.847. The second-order valence-electron chi connectivity index (χ2n) is 4.02. The molecule has 0 bridgehead atoms. The molecule has 0 aliphatic carbocycles. The SMILES string of the molecule is CCCNc1ccc2cc(OC)cc(OC)c2n1. The third-order valence-electron chi connectivity index (χ3n) is 2.74. The van der Waals surface area contributed by atoms with E-state index in [1.165, 1.54) is 0 Å². The fourth-order valence-electron chi connectivity index (χ4n) is 1.80. The smallest absolute Gasteiger partial charge is 0.148 e. The molecule has 4 heteroatoms. The van der Waals surface area contributed by atoms with Crippen molar-refractivity contribution in [1.82, 2.24) is 4.98 Å². The molecule has 2 aromatic rings. The van der Waals surface area contributed by atoms with Gasteiger partial charge >= 0.3 is 0 Å². The monoisotopic (exact) mass is 246 g/mol. The number of nitrogens with one attached hydrogen (secondary N) is 1. The summed E-state index contributed by atoms with van der Waals surface area (Å²) >= 11 is 0. The van der Waals surface area contributed by atoms with E-state index in [1.807, 2.05) is 24.3 Å². The highest BCUT2D eigenvalue weighted by molar-refractivity contribution is 5.87. The number of fused-ring (bicyclic) bond motifs is 1. The lowest BCUT2D eigenvalue weighted by atomic mass is 10.2. The number of pyridine rings is 1. The second kappa shape index (κ2) is 5.58. The number of methoxy groups -OCH3 is 2. The van der Waals surface area contributed by atoms with Gasteiger partial charge in [-0.1, -0.05) is 6.92 Å². The van der Waals surface area contributed by atoms with E-state index in [2.05, 4.69) is 17.2 Å². The molecule has 0 amide bonds. The Morgan fingerprint density at radius 3 is 2.67 bits per heavy atom. The molecule has 4 nitrogen and oxygen atoms in total. The first-order valence-electron chi connectivity index (χ1n) is 6.05. The largest absolute Gasteiger partial charge is 0.497 e. The quantitative estimate of drug-likeness (QED) is 0.880. The van der Waals surface area contributed by atoms with Crippen molar-refractivity contribution >= 4 is 16.7 Å². The third-order valence-corrected chi connectivity index (χ3v) is 2.74. The standard InChI is InChI=1S/C14H18N2O2/c1-4-7-15-13-6-5-10-8-11(17-2)9-12(18-3)14(10)16-13/h5-6,8-9H,4,7H2,1-3H3,(H,15,16). The summed E-state index contributed by atoms with van der Waals surface area (Å²) in [6.45, 7) is 3.04. The number of aromatic nitrogens is 1. The Hall–Kier alpha value is -1.97. The molecule has 0 unspecified atom stereocenters. The summed E-state index contributed by atoms with van der Waals surface area (Å²) in [4.78, 5) is 4.57. The number of benzene rings is 1. The maximum atomic E-state index is 5.36. The Morgan fingerprint density at radius 2 is 2.00 bits per heavy atom. The summed E-state index contributed by atoms with van der Waals surface area (Å²) in [6.07, 6.45) is 1.07. The Labute approximate surface area is 107 Å². The van der Waals surface area contributed by atoms with Crippen molar-refractivity contribution in [3.8, 4) is 11.5 Å². The van der Waals surface area contributed by atoms with Crippen LogP contribution < -0.4 is 14.8 Å². The Morgan fingerprint density at radius 1 is 1.17 bits per heavy atom. The Bertz CT molecular complexity index is 541. The van der Waals surface area contributed by atoms with Gasteiger partial charge in [0.15, 0.2) is 0 Å². The van der Waals surface area contributed by atoms with Crippen LogP contribution in [0.2, 0.25) is 0 Å². The average Bonchev–Trinajstić information content (AvgIpc) is 2.43. The van der Waals surface area contributed by atoms with Gasteiger partial charge in [0.2, 0.25) is 0 Å². The van der Waals surface area contributed by atoms with Crippen LogP contribution >= 0.6 is 0 Å². The first-order chi connectivity index (χ1) is 8.78. The minimum atomic E-state index is 0.726. The van der Waals surface area contributed by atoms with Gasteiger partial charge in [0, 0.05) is 18.0 Å².